The summed E-state index contributed by atoms with van der Waals surface area (Å²) in [7, 11) is 0. The molecule has 5 heteroatoms. The first kappa shape index (κ1) is 13.3. The van der Waals surface area contributed by atoms with Crippen molar-refractivity contribution in [3.05, 3.63) is 0 Å². The molecular formula is C7H16N2O3. The molecular weight excluding hydrogens is 160 g/mol. The maximum Gasteiger partial charge on any atom is 0.404 e. The third-order valence-corrected chi connectivity index (χ3v) is 0.969. The van der Waals surface area contributed by atoms with E-state index in [-0.39, 0.29) is 0 Å². The zero-order valence-electron chi connectivity index (χ0n) is 7.70. The second-order valence-corrected chi connectivity index (χ2v) is 1.94. The molecule has 0 unspecified atom stereocenters. The maximum atomic E-state index is 9.60. The van der Waals surface area contributed by atoms with Crippen LogP contribution < -0.4 is 5.73 Å². The molecule has 0 saturated heterocycles. The first-order valence-corrected chi connectivity index (χ1v) is 3.68. The van der Waals surface area contributed by atoms with Crippen LogP contribution in [0.25, 0.3) is 0 Å². The minimum atomic E-state index is -0.711. The summed E-state index contributed by atoms with van der Waals surface area (Å²) in [5, 5.41) is 10.8. The SMILES string of the molecule is CCC(C)=NO.CCOC(N)=O. The van der Waals surface area contributed by atoms with Gasteiger partial charge in [0.2, 0.25) is 0 Å². The normalized spacial score (nSPS) is 9.75. The van der Waals surface area contributed by atoms with Crippen LogP contribution in [0.15, 0.2) is 5.16 Å². The van der Waals surface area contributed by atoms with Gasteiger partial charge in [-0.1, -0.05) is 12.1 Å². The summed E-state index contributed by atoms with van der Waals surface area (Å²) >= 11 is 0. The van der Waals surface area contributed by atoms with Gasteiger partial charge in [0.25, 0.3) is 0 Å². The van der Waals surface area contributed by atoms with Gasteiger partial charge in [0, 0.05) is 0 Å². The monoisotopic (exact) mass is 176 g/mol. The first-order chi connectivity index (χ1) is 5.58. The second kappa shape index (κ2) is 9.74. The van der Waals surface area contributed by atoms with Gasteiger partial charge in [-0.2, -0.15) is 0 Å². The number of ether oxygens (including phenoxy) is 1. The maximum absolute atomic E-state index is 9.60. The molecule has 0 aliphatic carbocycles. The zero-order valence-corrected chi connectivity index (χ0v) is 7.70. The van der Waals surface area contributed by atoms with Crippen LogP contribution in [0.4, 0.5) is 4.79 Å². The number of nitrogens with two attached hydrogens (primary N) is 1. The van der Waals surface area contributed by atoms with E-state index in [4.69, 9.17) is 5.21 Å². The molecule has 0 heterocycles. The van der Waals surface area contributed by atoms with Crippen LogP contribution in [0.1, 0.15) is 27.2 Å². The Balaban J connectivity index is 0. The van der Waals surface area contributed by atoms with Gasteiger partial charge < -0.3 is 15.7 Å². The Hall–Kier alpha value is -1.26. The lowest BCUT2D eigenvalue weighted by molar-refractivity contribution is 0.163. The molecule has 0 atom stereocenters. The average molecular weight is 176 g/mol. The van der Waals surface area contributed by atoms with E-state index in [9.17, 15) is 4.79 Å². The van der Waals surface area contributed by atoms with Crippen LogP contribution >= 0.6 is 0 Å². The number of nitrogens with zero attached hydrogens (tertiary/aromatic N) is 1. The molecule has 0 aromatic carbocycles. The summed E-state index contributed by atoms with van der Waals surface area (Å²) < 4.78 is 4.18. The molecule has 0 rings (SSSR count). The van der Waals surface area contributed by atoms with E-state index in [2.05, 4.69) is 15.6 Å². The summed E-state index contributed by atoms with van der Waals surface area (Å²) in [6.07, 6.45) is 0.119. The van der Waals surface area contributed by atoms with Crippen LogP contribution in [-0.4, -0.2) is 23.6 Å². The summed E-state index contributed by atoms with van der Waals surface area (Å²) in [6, 6.07) is 0. The van der Waals surface area contributed by atoms with Gasteiger partial charge in [-0.3, -0.25) is 0 Å². The van der Waals surface area contributed by atoms with Crippen LogP contribution in [0.5, 0.6) is 0 Å². The lowest BCUT2D eigenvalue weighted by atomic mass is 10.3. The predicted molar refractivity (Wildman–Crippen MR) is 46.4 cm³/mol. The quantitative estimate of drug-likeness (QED) is 0.378. The van der Waals surface area contributed by atoms with Gasteiger partial charge >= 0.3 is 6.09 Å². The third kappa shape index (κ3) is 15.9. The Morgan fingerprint density at radius 2 is 2.08 bits per heavy atom. The van der Waals surface area contributed by atoms with Gasteiger partial charge in [0.15, 0.2) is 0 Å². The van der Waals surface area contributed by atoms with Crippen LogP contribution in [0, 0.1) is 0 Å². The third-order valence-electron chi connectivity index (χ3n) is 0.969. The highest BCUT2D eigenvalue weighted by Gasteiger charge is 1.82. The average Bonchev–Trinajstić information content (AvgIpc) is 2.04. The van der Waals surface area contributed by atoms with Crippen molar-refractivity contribution >= 4 is 11.8 Å². The number of hydrogen-bond donors (Lipinski definition) is 2. The summed E-state index contributed by atoms with van der Waals surface area (Å²) in [5.74, 6) is 0. The molecule has 0 aliphatic rings. The van der Waals surface area contributed by atoms with E-state index in [1.165, 1.54) is 0 Å². The van der Waals surface area contributed by atoms with Crippen molar-refractivity contribution in [2.75, 3.05) is 6.61 Å². The van der Waals surface area contributed by atoms with Gasteiger partial charge in [0.05, 0.1) is 12.3 Å². The number of amides is 1. The first-order valence-electron chi connectivity index (χ1n) is 3.68. The van der Waals surface area contributed by atoms with Crippen molar-refractivity contribution < 1.29 is 14.7 Å². The molecule has 1 amide bonds. The molecule has 0 aliphatic heterocycles. The molecule has 0 radical (unpaired) electrons. The van der Waals surface area contributed by atoms with Crippen LogP contribution in [-0.2, 0) is 4.74 Å². The largest absolute Gasteiger partial charge is 0.450 e. The van der Waals surface area contributed by atoms with E-state index in [0.717, 1.165) is 12.1 Å². The Labute approximate surface area is 72.2 Å². The Kier molecular flexibility index (Phi) is 10.8. The molecule has 0 saturated carbocycles. The van der Waals surface area contributed by atoms with E-state index in [1.807, 2.05) is 6.92 Å². The Morgan fingerprint density at radius 3 is 2.08 bits per heavy atom. The lowest BCUT2D eigenvalue weighted by Crippen LogP contribution is -2.11. The van der Waals surface area contributed by atoms with E-state index in [1.54, 1.807) is 13.8 Å². The van der Waals surface area contributed by atoms with Crippen molar-refractivity contribution in [2.24, 2.45) is 10.9 Å². The number of carbonyl (C=O) groups excluding carboxylic acids is 1. The molecule has 0 fully saturated rings. The molecule has 0 aromatic heterocycles. The van der Waals surface area contributed by atoms with Crippen molar-refractivity contribution in [2.45, 2.75) is 27.2 Å². The summed E-state index contributed by atoms with van der Waals surface area (Å²) in [4.78, 5) is 9.60. The van der Waals surface area contributed by atoms with E-state index in [0.29, 0.717) is 6.61 Å². The number of carbonyl (C=O) groups is 1. The number of primary amides is 1. The van der Waals surface area contributed by atoms with Gasteiger partial charge in [-0.05, 0) is 20.3 Å². The van der Waals surface area contributed by atoms with E-state index < -0.39 is 6.09 Å². The number of rotatable bonds is 2. The number of oxime groups is 1. The second-order valence-electron chi connectivity index (χ2n) is 1.94. The molecule has 0 aromatic rings. The molecule has 12 heavy (non-hydrogen) atoms. The molecule has 0 spiro atoms. The molecule has 3 N–H and O–H groups in total. The van der Waals surface area contributed by atoms with Crippen molar-refractivity contribution in [3.8, 4) is 0 Å². The highest BCUT2D eigenvalue weighted by atomic mass is 16.5. The standard InChI is InChI=1S/C4H9NO.C3H7NO2/c1-3-4(2)5-6;1-2-6-3(4)5/h6H,3H2,1-2H3;2H2,1H3,(H2,4,5). The molecule has 5 nitrogen and oxygen atoms in total. The van der Waals surface area contributed by atoms with Gasteiger partial charge in [-0.15, -0.1) is 0 Å². The fourth-order valence-electron chi connectivity index (χ4n) is 0.213. The van der Waals surface area contributed by atoms with Crippen LogP contribution in [0.3, 0.4) is 0 Å². The van der Waals surface area contributed by atoms with Crippen LogP contribution in [0.2, 0.25) is 0 Å². The fourth-order valence-corrected chi connectivity index (χ4v) is 0.213. The highest BCUT2D eigenvalue weighted by Crippen LogP contribution is 1.78. The molecule has 0 bridgehead atoms. The van der Waals surface area contributed by atoms with Crippen molar-refractivity contribution in [1.82, 2.24) is 0 Å². The lowest BCUT2D eigenvalue weighted by Gasteiger charge is -1.89. The minimum Gasteiger partial charge on any atom is -0.450 e. The minimum absolute atomic E-state index is 0.356. The number of hydrogen-bond acceptors (Lipinski definition) is 4. The fraction of sp³-hybridized carbons (Fsp3) is 0.714. The topological polar surface area (TPSA) is 84.9 Å². The smallest absolute Gasteiger partial charge is 0.404 e. The highest BCUT2D eigenvalue weighted by molar-refractivity contribution is 5.80. The van der Waals surface area contributed by atoms with Gasteiger partial charge in [-0.25, -0.2) is 4.79 Å². The Bertz CT molecular complexity index is 146. The zero-order chi connectivity index (χ0) is 9.98. The predicted octanol–water partition coefficient (Wildman–Crippen LogP) is 1.35. The molecule has 72 valence electrons. The van der Waals surface area contributed by atoms with Crippen molar-refractivity contribution in [1.29, 1.82) is 0 Å². The van der Waals surface area contributed by atoms with E-state index >= 15 is 0 Å². The summed E-state index contributed by atoms with van der Waals surface area (Å²) in [5.41, 5.74) is 5.31. The van der Waals surface area contributed by atoms with Gasteiger partial charge in [0.1, 0.15) is 0 Å². The summed E-state index contributed by atoms with van der Waals surface area (Å²) in [6.45, 7) is 5.77. The van der Waals surface area contributed by atoms with Crippen molar-refractivity contribution in [3.63, 3.8) is 0 Å². The Morgan fingerprint density at radius 1 is 1.58 bits per heavy atom.